The Morgan fingerprint density at radius 3 is 2.32 bits per heavy atom. The number of carbonyl (C=O) groups excluding carboxylic acids is 1. The molecule has 0 aliphatic carbocycles. The summed E-state index contributed by atoms with van der Waals surface area (Å²) in [5, 5.41) is 3.65. The third-order valence-electron chi connectivity index (χ3n) is 7.24. The molecule has 2 fully saturated rings. The van der Waals surface area contributed by atoms with Crippen LogP contribution in [-0.2, 0) is 21.2 Å². The molecule has 2 aromatic carbocycles. The fourth-order valence-corrected chi connectivity index (χ4v) is 6.41. The lowest BCUT2D eigenvalue weighted by Gasteiger charge is -2.45. The number of amides is 1. The van der Waals surface area contributed by atoms with Gasteiger partial charge >= 0.3 is 0 Å². The van der Waals surface area contributed by atoms with E-state index in [9.17, 15) is 13.2 Å². The molecule has 34 heavy (non-hydrogen) atoms. The zero-order valence-corrected chi connectivity index (χ0v) is 21.1. The van der Waals surface area contributed by atoms with Crippen molar-refractivity contribution in [1.82, 2.24) is 14.5 Å². The molecule has 2 aliphatic rings. The van der Waals surface area contributed by atoms with Gasteiger partial charge in [0.1, 0.15) is 5.75 Å². The van der Waals surface area contributed by atoms with Gasteiger partial charge in [0.2, 0.25) is 15.9 Å². The van der Waals surface area contributed by atoms with E-state index in [0.29, 0.717) is 50.6 Å². The summed E-state index contributed by atoms with van der Waals surface area (Å²) in [5.41, 5.74) is 0.611. The Labute approximate surface area is 203 Å². The molecule has 0 unspecified atom stereocenters. The van der Waals surface area contributed by atoms with E-state index in [4.69, 9.17) is 4.74 Å². The highest BCUT2D eigenvalue weighted by atomic mass is 32.2. The zero-order valence-electron chi connectivity index (χ0n) is 20.2. The Hall–Kier alpha value is -2.42. The highest BCUT2D eigenvalue weighted by molar-refractivity contribution is 7.89. The number of nitrogens with one attached hydrogen (secondary N) is 1. The number of benzene rings is 2. The fourth-order valence-electron chi connectivity index (χ4n) is 4.96. The molecule has 1 spiro atoms. The van der Waals surface area contributed by atoms with Gasteiger partial charge in [-0.25, -0.2) is 8.42 Å². The van der Waals surface area contributed by atoms with Crippen molar-refractivity contribution in [3.05, 3.63) is 60.2 Å². The lowest BCUT2D eigenvalue weighted by atomic mass is 9.95. The van der Waals surface area contributed by atoms with E-state index in [1.807, 2.05) is 35.2 Å². The molecule has 0 bridgehead atoms. The standard InChI is InChI=1S/C26H35N3O4S/c1-4-20(2)19-29-25(30)24(18-21-8-6-5-7-9-21)27-26(29)14-16-28(17-15-26)34(31,32)23-12-10-22(33-3)11-13-23/h5-13,20,24,27H,4,14-19H2,1-3H3/t20-,24-/m1/s1. The number of piperidine rings is 1. The van der Waals surface area contributed by atoms with Crippen molar-refractivity contribution in [1.29, 1.82) is 0 Å². The topological polar surface area (TPSA) is 79.0 Å². The smallest absolute Gasteiger partial charge is 0.243 e. The molecule has 7 nitrogen and oxygen atoms in total. The number of rotatable bonds is 8. The highest BCUT2D eigenvalue weighted by Crippen LogP contribution is 2.36. The van der Waals surface area contributed by atoms with Gasteiger partial charge in [-0.2, -0.15) is 4.31 Å². The van der Waals surface area contributed by atoms with E-state index >= 15 is 0 Å². The Bertz CT molecular complexity index is 1080. The quantitative estimate of drug-likeness (QED) is 0.621. The van der Waals surface area contributed by atoms with Crippen LogP contribution in [0.3, 0.4) is 0 Å². The van der Waals surface area contributed by atoms with E-state index in [1.54, 1.807) is 31.4 Å². The van der Waals surface area contributed by atoms with Crippen LogP contribution in [0.4, 0.5) is 0 Å². The normalized spacial score (nSPS) is 21.7. The molecule has 2 atom stereocenters. The van der Waals surface area contributed by atoms with Crippen LogP contribution in [0.1, 0.15) is 38.7 Å². The van der Waals surface area contributed by atoms with Crippen molar-refractivity contribution in [2.75, 3.05) is 26.7 Å². The third-order valence-corrected chi connectivity index (χ3v) is 9.16. The van der Waals surface area contributed by atoms with Crippen molar-refractivity contribution < 1.29 is 17.9 Å². The monoisotopic (exact) mass is 485 g/mol. The summed E-state index contributed by atoms with van der Waals surface area (Å²) in [7, 11) is -2.05. The number of hydrogen-bond donors (Lipinski definition) is 1. The third kappa shape index (κ3) is 4.85. The van der Waals surface area contributed by atoms with Gasteiger partial charge in [0.25, 0.3) is 0 Å². The van der Waals surface area contributed by atoms with Crippen LogP contribution >= 0.6 is 0 Å². The summed E-state index contributed by atoms with van der Waals surface area (Å²) in [4.78, 5) is 15.8. The number of hydrogen-bond acceptors (Lipinski definition) is 5. The first-order valence-electron chi connectivity index (χ1n) is 12.1. The Balaban J connectivity index is 1.52. The lowest BCUT2D eigenvalue weighted by molar-refractivity contribution is -0.134. The van der Waals surface area contributed by atoms with Gasteiger partial charge in [-0.05, 0) is 55.0 Å². The molecule has 0 aromatic heterocycles. The van der Waals surface area contributed by atoms with Crippen molar-refractivity contribution >= 4 is 15.9 Å². The summed E-state index contributed by atoms with van der Waals surface area (Å²) in [6.45, 7) is 5.71. The average Bonchev–Trinajstić information content (AvgIpc) is 3.10. The summed E-state index contributed by atoms with van der Waals surface area (Å²) >= 11 is 0. The Kier molecular flexibility index (Phi) is 7.31. The number of carbonyl (C=O) groups is 1. The van der Waals surface area contributed by atoms with E-state index in [-0.39, 0.29) is 16.8 Å². The number of methoxy groups -OCH3 is 1. The molecule has 4 rings (SSSR count). The summed E-state index contributed by atoms with van der Waals surface area (Å²) < 4.78 is 33.2. The molecule has 8 heteroatoms. The predicted molar refractivity (Wildman–Crippen MR) is 132 cm³/mol. The molecule has 0 saturated carbocycles. The Morgan fingerprint density at radius 1 is 1.09 bits per heavy atom. The van der Waals surface area contributed by atoms with Crippen molar-refractivity contribution in [3.8, 4) is 5.75 Å². The molecule has 2 aromatic rings. The van der Waals surface area contributed by atoms with E-state index in [1.165, 1.54) is 4.31 Å². The van der Waals surface area contributed by atoms with Crippen LogP contribution in [0.2, 0.25) is 0 Å². The van der Waals surface area contributed by atoms with Crippen LogP contribution in [-0.4, -0.2) is 62.0 Å². The van der Waals surface area contributed by atoms with Gasteiger partial charge in [0, 0.05) is 19.6 Å². The SMILES string of the molecule is CC[C@@H](C)CN1C(=O)[C@@H](Cc2ccccc2)NC12CCN(S(=O)(=O)c1ccc(OC)cc1)CC2. The molecule has 1 amide bonds. The van der Waals surface area contributed by atoms with Crippen LogP contribution in [0.25, 0.3) is 0 Å². The maximum Gasteiger partial charge on any atom is 0.243 e. The first kappa shape index (κ1) is 24.7. The summed E-state index contributed by atoms with van der Waals surface area (Å²) in [6, 6.07) is 16.2. The number of ether oxygens (including phenoxy) is 1. The van der Waals surface area contributed by atoms with Crippen molar-refractivity contribution in [3.63, 3.8) is 0 Å². The van der Waals surface area contributed by atoms with Crippen molar-refractivity contribution in [2.24, 2.45) is 5.92 Å². The second-order valence-corrected chi connectivity index (χ2v) is 11.4. The second-order valence-electron chi connectivity index (χ2n) is 9.46. The summed E-state index contributed by atoms with van der Waals surface area (Å²) in [5.74, 6) is 1.12. The number of sulfonamides is 1. The van der Waals surface area contributed by atoms with Gasteiger partial charge in [-0.1, -0.05) is 50.6 Å². The maximum absolute atomic E-state index is 13.5. The molecular formula is C26H35N3O4S. The minimum atomic E-state index is -3.61. The van der Waals surface area contributed by atoms with Crippen LogP contribution in [0.15, 0.2) is 59.5 Å². The Morgan fingerprint density at radius 2 is 1.74 bits per heavy atom. The minimum absolute atomic E-state index is 0.121. The number of nitrogens with zero attached hydrogens (tertiary/aromatic N) is 2. The summed E-state index contributed by atoms with van der Waals surface area (Å²) in [6.07, 6.45) is 2.75. The van der Waals surface area contributed by atoms with Gasteiger partial charge in [-0.3, -0.25) is 10.1 Å². The lowest BCUT2D eigenvalue weighted by Crippen LogP contribution is -2.60. The van der Waals surface area contributed by atoms with Crippen LogP contribution < -0.4 is 10.1 Å². The van der Waals surface area contributed by atoms with Gasteiger partial charge < -0.3 is 9.64 Å². The molecule has 2 saturated heterocycles. The van der Waals surface area contributed by atoms with E-state index in [2.05, 4.69) is 19.2 Å². The molecule has 184 valence electrons. The largest absolute Gasteiger partial charge is 0.497 e. The van der Waals surface area contributed by atoms with Crippen LogP contribution in [0, 0.1) is 5.92 Å². The first-order valence-corrected chi connectivity index (χ1v) is 13.5. The molecule has 0 radical (unpaired) electrons. The average molecular weight is 486 g/mol. The molecule has 2 aliphatic heterocycles. The molecule has 2 heterocycles. The molecule has 1 N–H and O–H groups in total. The predicted octanol–water partition coefficient (Wildman–Crippen LogP) is 3.27. The fraction of sp³-hybridized carbons (Fsp3) is 0.500. The van der Waals surface area contributed by atoms with E-state index in [0.717, 1.165) is 12.0 Å². The minimum Gasteiger partial charge on any atom is -0.497 e. The van der Waals surface area contributed by atoms with Gasteiger partial charge in [0.05, 0.1) is 23.7 Å². The van der Waals surface area contributed by atoms with Gasteiger partial charge in [0.15, 0.2) is 0 Å². The van der Waals surface area contributed by atoms with Crippen molar-refractivity contribution in [2.45, 2.75) is 56.1 Å². The molecular weight excluding hydrogens is 450 g/mol. The first-order chi connectivity index (χ1) is 16.3. The van der Waals surface area contributed by atoms with E-state index < -0.39 is 15.7 Å². The maximum atomic E-state index is 13.5. The highest BCUT2D eigenvalue weighted by Gasteiger charge is 2.52. The second kappa shape index (κ2) is 10.1. The zero-order chi connectivity index (χ0) is 24.3. The van der Waals surface area contributed by atoms with Crippen LogP contribution in [0.5, 0.6) is 5.75 Å². The van der Waals surface area contributed by atoms with Gasteiger partial charge in [-0.15, -0.1) is 0 Å².